The van der Waals surface area contributed by atoms with Crippen LogP contribution in [-0.2, 0) is 13.6 Å². The van der Waals surface area contributed by atoms with E-state index in [1.807, 2.05) is 13.0 Å². The normalized spacial score (nSPS) is 17.2. The summed E-state index contributed by atoms with van der Waals surface area (Å²) >= 11 is 0. The highest BCUT2D eigenvalue weighted by atomic mass is 28.4. The third-order valence-corrected chi connectivity index (χ3v) is 15.2. The van der Waals surface area contributed by atoms with Crippen molar-refractivity contribution in [3.8, 4) is 0 Å². The minimum absolute atomic E-state index is 0.0885. The summed E-state index contributed by atoms with van der Waals surface area (Å²) in [5.74, 6) is 0. The first-order valence-corrected chi connectivity index (χ1v) is 15.7. The Bertz CT molecular complexity index is 482. The van der Waals surface area contributed by atoms with Crippen molar-refractivity contribution in [2.24, 2.45) is 0 Å². The molecule has 0 aromatic carbocycles. The van der Waals surface area contributed by atoms with E-state index in [4.69, 9.17) is 8.85 Å². The highest BCUT2D eigenvalue weighted by Gasteiger charge is 2.41. The Morgan fingerprint density at radius 3 is 1.73 bits per heavy atom. The maximum atomic E-state index is 11.0. The van der Waals surface area contributed by atoms with E-state index in [9.17, 15) is 4.79 Å². The molecule has 0 amide bonds. The molecule has 0 bridgehead atoms. The van der Waals surface area contributed by atoms with Crippen molar-refractivity contribution in [3.63, 3.8) is 0 Å². The molecule has 0 heterocycles. The molecule has 0 aromatic heterocycles. The topological polar surface area (TPSA) is 35.5 Å². The van der Waals surface area contributed by atoms with Gasteiger partial charge in [0.1, 0.15) is 6.29 Å². The van der Waals surface area contributed by atoms with Crippen molar-refractivity contribution >= 4 is 22.9 Å². The van der Waals surface area contributed by atoms with Gasteiger partial charge in [-0.15, -0.1) is 0 Å². The summed E-state index contributed by atoms with van der Waals surface area (Å²) in [5, 5.41) is 0.364. The molecule has 0 aliphatic carbocycles. The summed E-state index contributed by atoms with van der Waals surface area (Å²) in [6, 6.07) is 0. The van der Waals surface area contributed by atoms with Crippen molar-refractivity contribution in [1.29, 1.82) is 0 Å². The standard InChI is InChI=1S/C21H44O3Si2/c1-17(16-22)13-14-19(24-26(11,12)21(6,7)8)15-18(2)23-25(9,10)20(3,4)5/h13,16,18-19H,14-15H2,1-12H3/b17-13+/t18-,19+/m0/s1. The van der Waals surface area contributed by atoms with Crippen LogP contribution in [0.2, 0.25) is 36.3 Å². The van der Waals surface area contributed by atoms with Gasteiger partial charge in [0.15, 0.2) is 16.6 Å². The number of rotatable bonds is 9. The molecular weight excluding hydrogens is 356 g/mol. The molecular formula is C21H44O3Si2. The summed E-state index contributed by atoms with van der Waals surface area (Å²) < 4.78 is 13.2. The number of hydrogen-bond acceptors (Lipinski definition) is 3. The largest absolute Gasteiger partial charge is 0.414 e. The lowest BCUT2D eigenvalue weighted by atomic mass is 10.1. The molecule has 3 nitrogen and oxygen atoms in total. The minimum Gasteiger partial charge on any atom is -0.414 e. The van der Waals surface area contributed by atoms with Gasteiger partial charge < -0.3 is 8.85 Å². The second kappa shape index (κ2) is 9.31. The fourth-order valence-corrected chi connectivity index (χ4v) is 5.08. The van der Waals surface area contributed by atoms with E-state index in [1.165, 1.54) is 0 Å². The lowest BCUT2D eigenvalue weighted by Gasteiger charge is -2.42. The van der Waals surface area contributed by atoms with Gasteiger partial charge in [-0.2, -0.15) is 0 Å². The van der Waals surface area contributed by atoms with Crippen molar-refractivity contribution < 1.29 is 13.6 Å². The quantitative estimate of drug-likeness (QED) is 0.245. The highest BCUT2D eigenvalue weighted by molar-refractivity contribution is 6.74. The molecule has 0 saturated carbocycles. The average Bonchev–Trinajstić information content (AvgIpc) is 2.40. The van der Waals surface area contributed by atoms with Crippen LogP contribution in [0, 0.1) is 0 Å². The predicted octanol–water partition coefficient (Wildman–Crippen LogP) is 6.71. The summed E-state index contributed by atoms with van der Waals surface area (Å²) in [6.45, 7) is 26.8. The van der Waals surface area contributed by atoms with Crippen LogP contribution >= 0.6 is 0 Å². The van der Waals surface area contributed by atoms with Gasteiger partial charge in [0.2, 0.25) is 0 Å². The van der Waals surface area contributed by atoms with Gasteiger partial charge in [-0.25, -0.2) is 0 Å². The Kier molecular flexibility index (Phi) is 9.22. The lowest BCUT2D eigenvalue weighted by molar-refractivity contribution is -0.104. The van der Waals surface area contributed by atoms with Gasteiger partial charge in [0.25, 0.3) is 0 Å². The number of carbonyl (C=O) groups is 1. The van der Waals surface area contributed by atoms with E-state index in [0.717, 1.165) is 24.7 Å². The number of carbonyl (C=O) groups excluding carboxylic acids is 1. The van der Waals surface area contributed by atoms with E-state index < -0.39 is 16.6 Å². The fraction of sp³-hybridized carbons (Fsp3) is 0.857. The fourth-order valence-electron chi connectivity index (χ4n) is 2.25. The van der Waals surface area contributed by atoms with Gasteiger partial charge in [0, 0.05) is 6.10 Å². The number of aldehydes is 1. The van der Waals surface area contributed by atoms with Crippen molar-refractivity contribution in [3.05, 3.63) is 11.6 Å². The van der Waals surface area contributed by atoms with Gasteiger partial charge in [-0.3, -0.25) is 4.79 Å². The second-order valence-corrected chi connectivity index (χ2v) is 20.2. The van der Waals surface area contributed by atoms with Crippen LogP contribution in [-0.4, -0.2) is 35.1 Å². The first-order chi connectivity index (χ1) is 11.4. The van der Waals surface area contributed by atoms with Crippen molar-refractivity contribution in [1.82, 2.24) is 0 Å². The molecule has 0 N–H and O–H groups in total. The highest BCUT2D eigenvalue weighted by Crippen LogP contribution is 2.40. The number of allylic oxidation sites excluding steroid dienone is 1. The van der Waals surface area contributed by atoms with Crippen LogP contribution in [0.15, 0.2) is 11.6 Å². The third kappa shape index (κ3) is 8.20. The minimum atomic E-state index is -1.87. The molecule has 0 aliphatic heterocycles. The van der Waals surface area contributed by atoms with Crippen LogP contribution in [0.3, 0.4) is 0 Å². The summed E-state index contributed by atoms with van der Waals surface area (Å²) in [6.07, 6.45) is 4.79. The third-order valence-electron chi connectivity index (χ3n) is 6.05. The Balaban J connectivity index is 5.27. The van der Waals surface area contributed by atoms with Crippen LogP contribution in [0.4, 0.5) is 0 Å². The van der Waals surface area contributed by atoms with Crippen molar-refractivity contribution in [2.75, 3.05) is 0 Å². The molecule has 0 unspecified atom stereocenters. The molecule has 26 heavy (non-hydrogen) atoms. The lowest BCUT2D eigenvalue weighted by Crippen LogP contribution is -2.46. The number of hydrogen-bond donors (Lipinski definition) is 0. The molecule has 0 aliphatic rings. The molecule has 154 valence electrons. The molecule has 2 atom stereocenters. The van der Waals surface area contributed by atoms with Gasteiger partial charge in [0.05, 0.1) is 6.10 Å². The Morgan fingerprint density at radius 2 is 1.35 bits per heavy atom. The Hall–Kier alpha value is -0.236. The zero-order valence-corrected chi connectivity index (χ0v) is 21.4. The maximum absolute atomic E-state index is 11.0. The SMILES string of the molecule is C/C(C=O)=C\C[C@H](C[C@H](C)O[Si](C)(C)C(C)(C)C)O[Si](C)(C)C(C)(C)C. The Morgan fingerprint density at radius 1 is 0.923 bits per heavy atom. The van der Waals surface area contributed by atoms with E-state index in [-0.39, 0.29) is 22.3 Å². The zero-order valence-electron chi connectivity index (χ0n) is 19.4. The van der Waals surface area contributed by atoms with E-state index in [2.05, 4.69) is 74.7 Å². The smallest absolute Gasteiger partial charge is 0.192 e. The van der Waals surface area contributed by atoms with Gasteiger partial charge in [-0.1, -0.05) is 47.6 Å². The molecule has 0 fully saturated rings. The average molecular weight is 401 g/mol. The first-order valence-electron chi connectivity index (χ1n) is 9.90. The van der Waals surface area contributed by atoms with Crippen LogP contribution < -0.4 is 0 Å². The molecule has 0 radical (unpaired) electrons. The predicted molar refractivity (Wildman–Crippen MR) is 119 cm³/mol. The van der Waals surface area contributed by atoms with Gasteiger partial charge in [-0.05, 0) is 68.5 Å². The van der Waals surface area contributed by atoms with Crippen LogP contribution in [0.5, 0.6) is 0 Å². The Labute approximate surface area is 165 Å². The molecule has 0 rings (SSSR count). The first kappa shape index (κ1) is 25.8. The van der Waals surface area contributed by atoms with Crippen molar-refractivity contribution in [2.45, 2.75) is 117 Å². The van der Waals surface area contributed by atoms with Crippen LogP contribution in [0.25, 0.3) is 0 Å². The summed E-state index contributed by atoms with van der Waals surface area (Å²) in [5.41, 5.74) is 0.770. The zero-order chi connectivity index (χ0) is 21.0. The molecule has 5 heteroatoms. The van der Waals surface area contributed by atoms with E-state index >= 15 is 0 Å². The molecule has 0 saturated heterocycles. The van der Waals surface area contributed by atoms with Gasteiger partial charge >= 0.3 is 0 Å². The monoisotopic (exact) mass is 400 g/mol. The molecule has 0 aromatic rings. The second-order valence-electron chi connectivity index (χ2n) is 10.7. The summed E-state index contributed by atoms with van der Waals surface area (Å²) in [7, 11) is -3.67. The van der Waals surface area contributed by atoms with E-state index in [1.54, 1.807) is 0 Å². The maximum Gasteiger partial charge on any atom is 0.192 e. The van der Waals surface area contributed by atoms with E-state index in [0.29, 0.717) is 0 Å². The molecule has 0 spiro atoms. The van der Waals surface area contributed by atoms with Crippen LogP contribution in [0.1, 0.15) is 68.2 Å². The summed E-state index contributed by atoms with van der Waals surface area (Å²) in [4.78, 5) is 11.0.